The van der Waals surface area contributed by atoms with E-state index in [1.165, 1.54) is 22.7 Å². The Labute approximate surface area is 180 Å². The third-order valence-corrected chi connectivity index (χ3v) is 7.91. The quantitative estimate of drug-likeness (QED) is 0.358. The van der Waals surface area contributed by atoms with Gasteiger partial charge in [0.05, 0.1) is 27.5 Å². The topological polar surface area (TPSA) is 120 Å². The van der Waals surface area contributed by atoms with Crippen molar-refractivity contribution in [3.63, 3.8) is 0 Å². The van der Waals surface area contributed by atoms with Crippen molar-refractivity contribution in [1.29, 1.82) is 0 Å². The van der Waals surface area contributed by atoms with E-state index in [0.29, 0.717) is 15.9 Å². The molecule has 1 aromatic carbocycles. The summed E-state index contributed by atoms with van der Waals surface area (Å²) in [5.74, 6) is -0.302. The lowest BCUT2D eigenvalue weighted by Gasteiger charge is -2.34. The summed E-state index contributed by atoms with van der Waals surface area (Å²) < 4.78 is 27.2. The van der Waals surface area contributed by atoms with Gasteiger partial charge in [-0.3, -0.25) is 13.9 Å². The summed E-state index contributed by atoms with van der Waals surface area (Å²) in [6.07, 6.45) is 1.72. The van der Waals surface area contributed by atoms with Crippen molar-refractivity contribution in [2.45, 2.75) is 18.4 Å². The number of hydrogen-bond acceptors (Lipinski definition) is 9. The van der Waals surface area contributed by atoms with Gasteiger partial charge in [0.15, 0.2) is 11.6 Å². The van der Waals surface area contributed by atoms with Crippen LogP contribution in [0.5, 0.6) is 5.75 Å². The molecule has 1 aliphatic heterocycles. The largest absolute Gasteiger partial charge is 0.505 e. The number of para-hydroxylation sites is 1. The third-order valence-electron chi connectivity index (χ3n) is 4.72. The molecule has 0 amide bonds. The molecule has 4 heterocycles. The Balaban J connectivity index is 1.72. The van der Waals surface area contributed by atoms with E-state index >= 15 is 0 Å². The summed E-state index contributed by atoms with van der Waals surface area (Å²) in [6.45, 7) is 2.17. The van der Waals surface area contributed by atoms with Crippen molar-refractivity contribution in [3.05, 3.63) is 67.7 Å². The Kier molecular flexibility index (Phi) is 4.45. The van der Waals surface area contributed by atoms with Gasteiger partial charge in [0.2, 0.25) is 0 Å². The predicted molar refractivity (Wildman–Crippen MR) is 121 cm³/mol. The zero-order valence-electron chi connectivity index (χ0n) is 15.6. The second-order valence-corrected chi connectivity index (χ2v) is 10.6. The molecule has 0 fully saturated rings. The Morgan fingerprint density at radius 3 is 2.80 bits per heavy atom. The van der Waals surface area contributed by atoms with Crippen molar-refractivity contribution < 1.29 is 14.2 Å². The van der Waals surface area contributed by atoms with E-state index < -0.39 is 16.3 Å². The van der Waals surface area contributed by atoms with E-state index in [2.05, 4.69) is 14.7 Å². The molecule has 0 atom stereocenters. The molecular formula is C19H16N4O4S3. The summed E-state index contributed by atoms with van der Waals surface area (Å²) in [4.78, 5) is 18.8. The molecule has 154 valence electrons. The molecule has 4 N–H and O–H groups in total. The van der Waals surface area contributed by atoms with E-state index in [0.717, 1.165) is 9.88 Å². The van der Waals surface area contributed by atoms with Crippen LogP contribution in [0.2, 0.25) is 0 Å². The molecule has 11 heteroatoms. The number of anilines is 1. The monoisotopic (exact) mass is 460 g/mol. The number of nitrogens with zero attached hydrogens (tertiary/aromatic N) is 3. The van der Waals surface area contributed by atoms with Crippen LogP contribution >= 0.6 is 33.4 Å². The number of pyridine rings is 1. The van der Waals surface area contributed by atoms with Crippen LogP contribution in [0.4, 0.5) is 5.69 Å². The zero-order chi connectivity index (χ0) is 21.0. The molecule has 0 bridgehead atoms. The highest BCUT2D eigenvalue weighted by molar-refractivity contribution is 8.23. The van der Waals surface area contributed by atoms with E-state index in [9.17, 15) is 19.0 Å². The summed E-state index contributed by atoms with van der Waals surface area (Å²) in [5.41, 5.74) is 0.448. The number of thiophene rings is 1. The van der Waals surface area contributed by atoms with Gasteiger partial charge in [0, 0.05) is 11.1 Å². The molecule has 0 saturated heterocycles. The standard InChI is InChI=1S/C19H16N4O4S3/c1-10-20-8-11(29-10)9-23-13-6-7-28-17(13)16(24)15(19(23)25)18-21-12-4-2-3-5-14(12)30(26,27)22-18/h2-8,24,26-27H,9H2,1H3,(H,21,22). The Morgan fingerprint density at radius 2 is 2.03 bits per heavy atom. The normalized spacial score (nSPS) is 16.0. The van der Waals surface area contributed by atoms with Crippen molar-refractivity contribution in [3.8, 4) is 5.75 Å². The van der Waals surface area contributed by atoms with Gasteiger partial charge >= 0.3 is 0 Å². The fraction of sp³-hybridized carbons (Fsp3) is 0.105. The number of aromatic hydroxyl groups is 1. The fourth-order valence-corrected chi connectivity index (χ4v) is 6.19. The maximum atomic E-state index is 13.5. The highest BCUT2D eigenvalue weighted by Crippen LogP contribution is 2.55. The van der Waals surface area contributed by atoms with E-state index in [1.54, 1.807) is 46.5 Å². The number of thiazole rings is 1. The van der Waals surface area contributed by atoms with Crippen LogP contribution in [-0.2, 0) is 6.54 Å². The van der Waals surface area contributed by atoms with Crippen LogP contribution in [0.1, 0.15) is 15.4 Å². The number of aromatic nitrogens is 2. The summed E-state index contributed by atoms with van der Waals surface area (Å²) in [7, 11) is -3.52. The van der Waals surface area contributed by atoms with Crippen LogP contribution in [0.3, 0.4) is 0 Å². The molecule has 0 aliphatic carbocycles. The maximum absolute atomic E-state index is 13.5. The molecule has 3 aromatic heterocycles. The van der Waals surface area contributed by atoms with Gasteiger partial charge in [-0.2, -0.15) is 0 Å². The molecule has 5 rings (SSSR count). The van der Waals surface area contributed by atoms with E-state index in [-0.39, 0.29) is 28.6 Å². The van der Waals surface area contributed by atoms with Gasteiger partial charge in [-0.05, 0) is 30.5 Å². The number of aryl methyl sites for hydroxylation is 1. The lowest BCUT2D eigenvalue weighted by molar-refractivity contribution is 0.478. The first-order chi connectivity index (χ1) is 14.3. The van der Waals surface area contributed by atoms with E-state index in [4.69, 9.17) is 0 Å². The first-order valence-corrected chi connectivity index (χ1v) is 12.0. The Morgan fingerprint density at radius 1 is 1.23 bits per heavy atom. The number of benzene rings is 1. The second-order valence-electron chi connectivity index (χ2n) is 6.68. The minimum atomic E-state index is -3.52. The third kappa shape index (κ3) is 3.02. The second kappa shape index (κ2) is 6.93. The van der Waals surface area contributed by atoms with Gasteiger partial charge in [0.1, 0.15) is 10.5 Å². The molecule has 1 aliphatic rings. The molecule has 0 radical (unpaired) electrons. The number of nitrogens with one attached hydrogen (secondary N) is 1. The Hall–Kier alpha value is -2.70. The molecule has 0 unspecified atom stereocenters. The van der Waals surface area contributed by atoms with Crippen molar-refractivity contribution in [2.24, 2.45) is 4.40 Å². The van der Waals surface area contributed by atoms with Crippen LogP contribution in [0, 0.1) is 6.92 Å². The lowest BCUT2D eigenvalue weighted by Crippen LogP contribution is -2.32. The first-order valence-electron chi connectivity index (χ1n) is 8.84. The maximum Gasteiger partial charge on any atom is 0.266 e. The molecular weight excluding hydrogens is 444 g/mol. The van der Waals surface area contributed by atoms with Gasteiger partial charge in [0.25, 0.3) is 5.56 Å². The SMILES string of the molecule is Cc1ncc(Cn2c(=O)c(C3=NS(O)(O)c4ccccc4N3)c(O)c3sccc32)s1. The number of rotatable bonds is 3. The van der Waals surface area contributed by atoms with Crippen molar-refractivity contribution in [1.82, 2.24) is 9.55 Å². The van der Waals surface area contributed by atoms with Crippen molar-refractivity contribution in [2.75, 3.05) is 5.32 Å². The highest BCUT2D eigenvalue weighted by atomic mass is 32.3. The van der Waals surface area contributed by atoms with E-state index in [1.807, 2.05) is 6.92 Å². The summed E-state index contributed by atoms with van der Waals surface area (Å²) in [5, 5.41) is 16.6. The van der Waals surface area contributed by atoms with Crippen LogP contribution in [0.15, 0.2) is 56.0 Å². The molecule has 0 saturated carbocycles. The van der Waals surface area contributed by atoms with Crippen LogP contribution in [-0.4, -0.2) is 29.6 Å². The number of amidine groups is 1. The summed E-state index contributed by atoms with van der Waals surface area (Å²) >= 11 is 2.78. The highest BCUT2D eigenvalue weighted by Gasteiger charge is 2.30. The smallest absolute Gasteiger partial charge is 0.266 e. The summed E-state index contributed by atoms with van der Waals surface area (Å²) in [6, 6.07) is 8.41. The molecule has 4 aromatic rings. The predicted octanol–water partition coefficient (Wildman–Crippen LogP) is 4.48. The average Bonchev–Trinajstić information content (AvgIpc) is 3.34. The van der Waals surface area contributed by atoms with Gasteiger partial charge in [-0.15, -0.1) is 27.1 Å². The van der Waals surface area contributed by atoms with Gasteiger partial charge < -0.3 is 15.0 Å². The lowest BCUT2D eigenvalue weighted by atomic mass is 10.2. The van der Waals surface area contributed by atoms with Gasteiger partial charge in [-0.1, -0.05) is 22.9 Å². The van der Waals surface area contributed by atoms with Crippen LogP contribution < -0.4 is 10.9 Å². The minimum absolute atomic E-state index is 0.0688. The fourth-order valence-electron chi connectivity index (χ4n) is 3.40. The number of hydrogen-bond donors (Lipinski definition) is 4. The minimum Gasteiger partial charge on any atom is -0.505 e. The zero-order valence-corrected chi connectivity index (χ0v) is 18.0. The number of fused-ring (bicyclic) bond motifs is 2. The molecule has 30 heavy (non-hydrogen) atoms. The average molecular weight is 461 g/mol. The first kappa shape index (κ1) is 19.3. The molecule has 0 spiro atoms. The molecule has 8 nitrogen and oxygen atoms in total. The Bertz CT molecular complexity index is 1390. The van der Waals surface area contributed by atoms with Crippen molar-refractivity contribution >= 4 is 55.2 Å². The van der Waals surface area contributed by atoms with Crippen LogP contribution in [0.25, 0.3) is 10.2 Å². The van der Waals surface area contributed by atoms with Gasteiger partial charge in [-0.25, -0.2) is 4.98 Å².